The van der Waals surface area contributed by atoms with Crippen LogP contribution in [0.3, 0.4) is 0 Å². The van der Waals surface area contributed by atoms with E-state index in [0.717, 1.165) is 28.1 Å². The minimum atomic E-state index is -0.756. The lowest BCUT2D eigenvalue weighted by Gasteiger charge is -2.11. The monoisotopic (exact) mass is 349 g/mol. The van der Waals surface area contributed by atoms with Crippen LogP contribution in [0.5, 0.6) is 5.75 Å². The molecule has 0 aliphatic heterocycles. The number of benzene rings is 3. The van der Waals surface area contributed by atoms with Gasteiger partial charge in [-0.3, -0.25) is 0 Å². The summed E-state index contributed by atoms with van der Waals surface area (Å²) in [5.41, 5.74) is 4.21. The molecule has 0 spiro atoms. The first kappa shape index (κ1) is 18.0. The molecule has 3 rings (SSSR count). The van der Waals surface area contributed by atoms with Gasteiger partial charge >= 0.3 is 0 Å². The van der Waals surface area contributed by atoms with E-state index in [1.54, 1.807) is 0 Å². The van der Waals surface area contributed by atoms with Crippen LogP contribution in [0.15, 0.2) is 78.9 Å². The predicted molar refractivity (Wildman–Crippen MR) is 104 cm³/mol. The Hall–Kier alpha value is -2.82. The molecular weight excluding hydrogens is 326 g/mol. The van der Waals surface area contributed by atoms with Crippen molar-refractivity contribution in [2.45, 2.75) is 12.7 Å². The van der Waals surface area contributed by atoms with Crippen LogP contribution in [0.1, 0.15) is 5.56 Å². The maximum absolute atomic E-state index is 9.39. The van der Waals surface area contributed by atoms with Crippen molar-refractivity contribution >= 4 is 5.69 Å². The molecule has 3 aromatic rings. The molecular formula is C22H23NO3. The fourth-order valence-corrected chi connectivity index (χ4v) is 2.59. The molecule has 134 valence electrons. The van der Waals surface area contributed by atoms with E-state index in [1.165, 1.54) is 0 Å². The maximum Gasteiger partial charge on any atom is 0.120 e. The van der Waals surface area contributed by atoms with E-state index in [9.17, 15) is 5.11 Å². The molecule has 0 fully saturated rings. The Bertz CT molecular complexity index is 803. The van der Waals surface area contributed by atoms with Gasteiger partial charge in [0, 0.05) is 12.2 Å². The zero-order valence-electron chi connectivity index (χ0n) is 14.5. The smallest absolute Gasteiger partial charge is 0.120 e. The number of anilines is 1. The van der Waals surface area contributed by atoms with Crippen LogP contribution in [-0.4, -0.2) is 29.5 Å². The molecule has 1 unspecified atom stereocenters. The summed E-state index contributed by atoms with van der Waals surface area (Å²) in [5.74, 6) is 0.833. The SMILES string of the molecule is OCC(O)CNc1ccc(-c2cccc(OCc3ccccc3)c2)cc1. The third-order valence-electron chi connectivity index (χ3n) is 4.05. The van der Waals surface area contributed by atoms with Gasteiger partial charge in [-0.05, 0) is 41.0 Å². The van der Waals surface area contributed by atoms with Crippen LogP contribution >= 0.6 is 0 Å². The van der Waals surface area contributed by atoms with E-state index in [1.807, 2.05) is 78.9 Å². The van der Waals surface area contributed by atoms with Crippen LogP contribution in [0.4, 0.5) is 5.69 Å². The first-order valence-electron chi connectivity index (χ1n) is 8.64. The Kier molecular flexibility index (Phi) is 6.25. The molecule has 3 N–H and O–H groups in total. The van der Waals surface area contributed by atoms with Gasteiger partial charge in [-0.2, -0.15) is 0 Å². The molecule has 1 atom stereocenters. The fraction of sp³-hybridized carbons (Fsp3) is 0.182. The van der Waals surface area contributed by atoms with Gasteiger partial charge in [-0.1, -0.05) is 54.6 Å². The second kappa shape index (κ2) is 9.04. The molecule has 4 heteroatoms. The van der Waals surface area contributed by atoms with Crippen molar-refractivity contribution in [2.24, 2.45) is 0 Å². The minimum Gasteiger partial charge on any atom is -0.489 e. The number of nitrogens with one attached hydrogen (secondary N) is 1. The fourth-order valence-electron chi connectivity index (χ4n) is 2.59. The minimum absolute atomic E-state index is 0.249. The summed E-state index contributed by atoms with van der Waals surface area (Å²) < 4.78 is 5.89. The summed E-state index contributed by atoms with van der Waals surface area (Å²) in [6.07, 6.45) is -0.756. The first-order valence-corrected chi connectivity index (χ1v) is 8.64. The second-order valence-electron chi connectivity index (χ2n) is 6.10. The summed E-state index contributed by atoms with van der Waals surface area (Å²) in [4.78, 5) is 0. The highest BCUT2D eigenvalue weighted by Crippen LogP contribution is 2.25. The maximum atomic E-state index is 9.39. The third kappa shape index (κ3) is 5.09. The molecule has 0 aromatic heterocycles. The first-order chi connectivity index (χ1) is 12.7. The highest BCUT2D eigenvalue weighted by molar-refractivity contribution is 5.67. The zero-order chi connectivity index (χ0) is 18.2. The second-order valence-corrected chi connectivity index (χ2v) is 6.10. The van der Waals surface area contributed by atoms with Crippen molar-refractivity contribution in [3.05, 3.63) is 84.4 Å². The van der Waals surface area contributed by atoms with Crippen LogP contribution in [0.25, 0.3) is 11.1 Å². The Morgan fingerprint density at radius 3 is 2.35 bits per heavy atom. The van der Waals surface area contributed by atoms with E-state index in [4.69, 9.17) is 9.84 Å². The number of aliphatic hydroxyl groups is 2. The standard InChI is InChI=1S/C22H23NO3/c24-15-21(25)14-23-20-11-9-18(10-12-20)19-7-4-8-22(13-19)26-16-17-5-2-1-3-6-17/h1-13,21,23-25H,14-16H2. The van der Waals surface area contributed by atoms with Gasteiger partial charge < -0.3 is 20.3 Å². The molecule has 3 aromatic carbocycles. The van der Waals surface area contributed by atoms with Gasteiger partial charge in [0.1, 0.15) is 12.4 Å². The molecule has 0 saturated heterocycles. The quantitative estimate of drug-likeness (QED) is 0.580. The van der Waals surface area contributed by atoms with E-state index < -0.39 is 6.10 Å². The lowest BCUT2D eigenvalue weighted by atomic mass is 10.1. The summed E-state index contributed by atoms with van der Waals surface area (Å²) in [7, 11) is 0. The Balaban J connectivity index is 1.64. The molecule has 0 bridgehead atoms. The Labute approximate surface area is 153 Å². The molecule has 0 radical (unpaired) electrons. The molecule has 4 nitrogen and oxygen atoms in total. The van der Waals surface area contributed by atoms with Crippen molar-refractivity contribution in [1.82, 2.24) is 0 Å². The molecule has 0 amide bonds. The number of aliphatic hydroxyl groups excluding tert-OH is 2. The average molecular weight is 349 g/mol. The van der Waals surface area contributed by atoms with E-state index in [-0.39, 0.29) is 6.61 Å². The topological polar surface area (TPSA) is 61.7 Å². The lowest BCUT2D eigenvalue weighted by molar-refractivity contribution is 0.105. The van der Waals surface area contributed by atoms with Crippen LogP contribution in [-0.2, 0) is 6.61 Å². The molecule has 0 aliphatic rings. The predicted octanol–water partition coefficient (Wildman–Crippen LogP) is 3.70. The van der Waals surface area contributed by atoms with Crippen LogP contribution < -0.4 is 10.1 Å². The van der Waals surface area contributed by atoms with Crippen LogP contribution in [0.2, 0.25) is 0 Å². The Morgan fingerprint density at radius 1 is 0.846 bits per heavy atom. The van der Waals surface area contributed by atoms with Gasteiger partial charge in [-0.15, -0.1) is 0 Å². The summed E-state index contributed by atoms with van der Waals surface area (Å²) in [5, 5.41) is 21.3. The molecule has 0 aliphatic carbocycles. The summed E-state index contributed by atoms with van der Waals surface area (Å²) in [6.45, 7) is 0.611. The normalized spacial score (nSPS) is 11.8. The van der Waals surface area contributed by atoms with Crippen molar-refractivity contribution in [3.63, 3.8) is 0 Å². The third-order valence-corrected chi connectivity index (χ3v) is 4.05. The number of rotatable bonds is 8. The highest BCUT2D eigenvalue weighted by atomic mass is 16.5. The van der Waals surface area contributed by atoms with Gasteiger partial charge in [0.2, 0.25) is 0 Å². The van der Waals surface area contributed by atoms with Crippen molar-refractivity contribution in [1.29, 1.82) is 0 Å². The number of hydrogen-bond donors (Lipinski definition) is 3. The summed E-state index contributed by atoms with van der Waals surface area (Å²) >= 11 is 0. The van der Waals surface area contributed by atoms with Crippen molar-refractivity contribution < 1.29 is 14.9 Å². The van der Waals surface area contributed by atoms with Gasteiger partial charge in [0.15, 0.2) is 0 Å². The van der Waals surface area contributed by atoms with E-state index in [0.29, 0.717) is 13.2 Å². The van der Waals surface area contributed by atoms with Crippen LogP contribution in [0, 0.1) is 0 Å². The van der Waals surface area contributed by atoms with Gasteiger partial charge in [0.25, 0.3) is 0 Å². The lowest BCUT2D eigenvalue weighted by Crippen LogP contribution is -2.22. The van der Waals surface area contributed by atoms with Crippen molar-refractivity contribution in [2.75, 3.05) is 18.5 Å². The molecule has 0 heterocycles. The number of hydrogen-bond acceptors (Lipinski definition) is 4. The van der Waals surface area contributed by atoms with E-state index >= 15 is 0 Å². The van der Waals surface area contributed by atoms with Gasteiger partial charge in [-0.25, -0.2) is 0 Å². The largest absolute Gasteiger partial charge is 0.489 e. The summed E-state index contributed by atoms with van der Waals surface area (Å²) in [6, 6.07) is 26.1. The van der Waals surface area contributed by atoms with Crippen molar-refractivity contribution in [3.8, 4) is 16.9 Å². The number of ether oxygens (including phenoxy) is 1. The highest BCUT2D eigenvalue weighted by Gasteiger charge is 2.03. The average Bonchev–Trinajstić information content (AvgIpc) is 2.72. The molecule has 26 heavy (non-hydrogen) atoms. The van der Waals surface area contributed by atoms with E-state index in [2.05, 4.69) is 5.32 Å². The van der Waals surface area contributed by atoms with Gasteiger partial charge in [0.05, 0.1) is 12.7 Å². The zero-order valence-corrected chi connectivity index (χ0v) is 14.5. The Morgan fingerprint density at radius 2 is 1.62 bits per heavy atom. The molecule has 0 saturated carbocycles.